The van der Waals surface area contributed by atoms with Crippen LogP contribution in [-0.2, 0) is 34.3 Å². The summed E-state index contributed by atoms with van der Waals surface area (Å²) in [5, 5.41) is 8.54. The molecule has 44 heavy (non-hydrogen) atoms. The fourth-order valence-electron chi connectivity index (χ4n) is 6.49. The van der Waals surface area contributed by atoms with Gasteiger partial charge in [-0.3, -0.25) is 4.79 Å². The maximum Gasteiger partial charge on any atom is 0.243 e. The number of hydrogen-bond acceptors (Lipinski definition) is 5. The van der Waals surface area contributed by atoms with Gasteiger partial charge in [-0.05, 0) is 104 Å². The third-order valence-electron chi connectivity index (χ3n) is 8.80. The molecule has 4 aromatic rings. The molecular weight excluding hydrogens is 572 g/mol. The lowest BCUT2D eigenvalue weighted by Crippen LogP contribution is -2.44. The Morgan fingerprint density at radius 2 is 1.80 bits per heavy atom. The average molecular weight is 615 g/mol. The fraction of sp³-hybridized carbons (Fsp3) is 0.400. The molecule has 1 aromatic heterocycles. The first kappa shape index (κ1) is 30.4. The summed E-state index contributed by atoms with van der Waals surface area (Å²) in [4.78, 5) is 13.9. The molecule has 2 heterocycles. The maximum absolute atomic E-state index is 14.1. The highest BCUT2D eigenvalue weighted by Crippen LogP contribution is 2.36. The molecule has 9 heteroatoms. The van der Waals surface area contributed by atoms with Crippen LogP contribution in [0.3, 0.4) is 0 Å². The smallest absolute Gasteiger partial charge is 0.243 e. The van der Waals surface area contributed by atoms with E-state index in [1.54, 1.807) is 19.2 Å². The summed E-state index contributed by atoms with van der Waals surface area (Å²) in [5.41, 5.74) is 4.55. The standard InChI is InChI=1S/C35H42N4O4S/c1-35(2,3)36-23-24-10-15-30-27(19-24)7-5-8-31(30)37-34(40)22-33-32-9-6-16-38(32)17-18-39(33)44(41,42)29-14-12-25-20-28(43-4)13-11-26(25)21-29/h6,9-16,19-21,31,33,36H,5,7-8,17-18,22-23H2,1-4H3,(H,37,40). The molecule has 2 unspecified atom stereocenters. The van der Waals surface area contributed by atoms with Crippen molar-refractivity contribution in [3.63, 3.8) is 0 Å². The first-order valence-corrected chi connectivity index (χ1v) is 16.9. The normalized spacial score (nSPS) is 18.9. The van der Waals surface area contributed by atoms with Gasteiger partial charge in [-0.25, -0.2) is 8.42 Å². The van der Waals surface area contributed by atoms with Crippen LogP contribution >= 0.6 is 0 Å². The number of nitrogens with zero attached hydrogens (tertiary/aromatic N) is 2. The van der Waals surface area contributed by atoms with Crippen molar-refractivity contribution < 1.29 is 17.9 Å². The second kappa shape index (κ2) is 12.0. The topological polar surface area (TPSA) is 92.7 Å². The Labute approximate surface area is 260 Å². The molecule has 0 fully saturated rings. The Hall–Kier alpha value is -3.66. The molecule has 1 aliphatic heterocycles. The Balaban J connectivity index is 1.22. The van der Waals surface area contributed by atoms with Crippen LogP contribution in [0.5, 0.6) is 5.75 Å². The van der Waals surface area contributed by atoms with Crippen molar-refractivity contribution in [2.75, 3.05) is 13.7 Å². The minimum Gasteiger partial charge on any atom is -0.497 e. The summed E-state index contributed by atoms with van der Waals surface area (Å²) >= 11 is 0. The molecule has 1 aliphatic carbocycles. The van der Waals surface area contributed by atoms with E-state index in [2.05, 4.69) is 54.2 Å². The number of nitrogens with one attached hydrogen (secondary N) is 2. The van der Waals surface area contributed by atoms with Crippen molar-refractivity contribution in [2.45, 2.75) is 82.1 Å². The van der Waals surface area contributed by atoms with Crippen LogP contribution in [0.4, 0.5) is 0 Å². The van der Waals surface area contributed by atoms with E-state index in [9.17, 15) is 13.2 Å². The molecule has 0 bridgehead atoms. The van der Waals surface area contributed by atoms with Crippen molar-refractivity contribution >= 4 is 26.7 Å². The largest absolute Gasteiger partial charge is 0.497 e. The number of ether oxygens (including phenoxy) is 1. The molecule has 232 valence electrons. The second-order valence-corrected chi connectivity index (χ2v) is 14.9. The molecule has 0 saturated carbocycles. The minimum atomic E-state index is -3.88. The highest BCUT2D eigenvalue weighted by molar-refractivity contribution is 7.89. The minimum absolute atomic E-state index is 0.0369. The van der Waals surface area contributed by atoms with Gasteiger partial charge in [-0.15, -0.1) is 0 Å². The van der Waals surface area contributed by atoms with Gasteiger partial charge in [0, 0.05) is 43.5 Å². The third kappa shape index (κ3) is 6.27. The van der Waals surface area contributed by atoms with Gasteiger partial charge in [0.25, 0.3) is 0 Å². The molecule has 0 saturated heterocycles. The number of methoxy groups -OCH3 is 1. The molecule has 0 spiro atoms. The van der Waals surface area contributed by atoms with E-state index in [1.807, 2.05) is 42.6 Å². The van der Waals surface area contributed by atoms with E-state index in [1.165, 1.54) is 15.4 Å². The van der Waals surface area contributed by atoms with Gasteiger partial charge in [-0.2, -0.15) is 4.31 Å². The van der Waals surface area contributed by atoms with Gasteiger partial charge in [-0.1, -0.05) is 30.3 Å². The third-order valence-corrected chi connectivity index (χ3v) is 10.7. The second-order valence-electron chi connectivity index (χ2n) is 13.0. The van der Waals surface area contributed by atoms with Gasteiger partial charge >= 0.3 is 0 Å². The van der Waals surface area contributed by atoms with Crippen molar-refractivity contribution in [2.24, 2.45) is 0 Å². The number of sulfonamides is 1. The van der Waals surface area contributed by atoms with Crippen LogP contribution in [-0.4, -0.2) is 42.4 Å². The predicted molar refractivity (Wildman–Crippen MR) is 173 cm³/mol. The monoisotopic (exact) mass is 614 g/mol. The van der Waals surface area contributed by atoms with Gasteiger partial charge in [0.2, 0.25) is 15.9 Å². The number of amides is 1. The van der Waals surface area contributed by atoms with Crippen LogP contribution in [0, 0.1) is 0 Å². The zero-order valence-corrected chi connectivity index (χ0v) is 26.8. The van der Waals surface area contributed by atoms with Gasteiger partial charge in [0.1, 0.15) is 5.75 Å². The summed E-state index contributed by atoms with van der Waals surface area (Å²) in [5.74, 6) is 0.571. The summed E-state index contributed by atoms with van der Waals surface area (Å²) in [6.07, 6.45) is 4.86. The number of carbonyl (C=O) groups is 1. The summed E-state index contributed by atoms with van der Waals surface area (Å²) in [6, 6.07) is 20.4. The van der Waals surface area contributed by atoms with E-state index in [0.717, 1.165) is 53.6 Å². The van der Waals surface area contributed by atoms with Crippen molar-refractivity contribution in [3.05, 3.63) is 95.3 Å². The molecule has 2 N–H and O–H groups in total. The van der Waals surface area contributed by atoms with Crippen LogP contribution in [0.15, 0.2) is 77.8 Å². The van der Waals surface area contributed by atoms with Crippen molar-refractivity contribution in [3.8, 4) is 5.75 Å². The van der Waals surface area contributed by atoms with Gasteiger partial charge in [0.05, 0.1) is 24.1 Å². The van der Waals surface area contributed by atoms with E-state index in [4.69, 9.17) is 4.74 Å². The molecule has 8 nitrogen and oxygen atoms in total. The molecular formula is C35H42N4O4S. The van der Waals surface area contributed by atoms with E-state index in [0.29, 0.717) is 13.1 Å². The average Bonchev–Trinajstić information content (AvgIpc) is 3.49. The van der Waals surface area contributed by atoms with E-state index < -0.39 is 16.1 Å². The van der Waals surface area contributed by atoms with Crippen LogP contribution < -0.4 is 15.4 Å². The lowest BCUT2D eigenvalue weighted by molar-refractivity contribution is -0.123. The Kier molecular flexibility index (Phi) is 8.30. The zero-order chi connectivity index (χ0) is 31.1. The number of rotatable bonds is 8. The SMILES string of the molecule is COc1ccc2cc(S(=O)(=O)N3CCn4cccc4C3CC(=O)NC3CCCc4cc(CNC(C)(C)C)ccc43)ccc2c1. The predicted octanol–water partition coefficient (Wildman–Crippen LogP) is 5.87. The van der Waals surface area contributed by atoms with Crippen LogP contribution in [0.1, 0.15) is 74.5 Å². The lowest BCUT2D eigenvalue weighted by atomic mass is 9.86. The number of fused-ring (bicyclic) bond motifs is 3. The number of aryl methyl sites for hydroxylation is 1. The Morgan fingerprint density at radius 1 is 1.00 bits per heavy atom. The molecule has 1 amide bonds. The van der Waals surface area contributed by atoms with Crippen molar-refractivity contribution in [1.82, 2.24) is 19.5 Å². The van der Waals surface area contributed by atoms with Crippen LogP contribution in [0.25, 0.3) is 10.8 Å². The van der Waals surface area contributed by atoms with Crippen molar-refractivity contribution in [1.29, 1.82) is 0 Å². The first-order valence-electron chi connectivity index (χ1n) is 15.4. The molecule has 2 atom stereocenters. The molecule has 2 aliphatic rings. The summed E-state index contributed by atoms with van der Waals surface area (Å²) in [7, 11) is -2.28. The number of benzene rings is 3. The lowest BCUT2D eigenvalue weighted by Gasteiger charge is -2.36. The number of carbonyl (C=O) groups excluding carboxylic acids is 1. The number of hydrogen-bond donors (Lipinski definition) is 2. The highest BCUT2D eigenvalue weighted by atomic mass is 32.2. The summed E-state index contributed by atoms with van der Waals surface area (Å²) < 4.78 is 37.2. The molecule has 3 aromatic carbocycles. The van der Waals surface area contributed by atoms with E-state index >= 15 is 0 Å². The van der Waals surface area contributed by atoms with E-state index in [-0.39, 0.29) is 28.8 Å². The number of aromatic nitrogens is 1. The summed E-state index contributed by atoms with van der Waals surface area (Å²) in [6.45, 7) is 8.10. The first-order chi connectivity index (χ1) is 21.0. The Morgan fingerprint density at radius 3 is 2.59 bits per heavy atom. The van der Waals surface area contributed by atoms with Crippen LogP contribution in [0.2, 0.25) is 0 Å². The maximum atomic E-state index is 14.1. The molecule has 0 radical (unpaired) electrons. The van der Waals surface area contributed by atoms with Gasteiger partial charge in [0.15, 0.2) is 0 Å². The fourth-order valence-corrected chi connectivity index (χ4v) is 8.11. The zero-order valence-electron chi connectivity index (χ0n) is 26.0. The quantitative estimate of drug-likeness (QED) is 0.259. The Bertz CT molecular complexity index is 1790. The molecule has 6 rings (SSSR count). The van der Waals surface area contributed by atoms with Gasteiger partial charge < -0.3 is 19.9 Å². The highest BCUT2D eigenvalue weighted by Gasteiger charge is 2.38.